The third kappa shape index (κ3) is 2.37. The Hall–Kier alpha value is -1.47. The number of nitrogens with zero attached hydrogens (tertiary/aromatic N) is 2. The van der Waals surface area contributed by atoms with Gasteiger partial charge in [0, 0.05) is 27.3 Å². The van der Waals surface area contributed by atoms with Gasteiger partial charge in [0.05, 0.1) is 6.20 Å². The first-order valence-electron chi connectivity index (χ1n) is 4.30. The molecule has 0 atom stereocenters. The summed E-state index contributed by atoms with van der Waals surface area (Å²) in [6, 6.07) is 4.99. The van der Waals surface area contributed by atoms with E-state index in [2.05, 4.69) is 30.8 Å². The second kappa shape index (κ2) is 4.58. The fourth-order valence-corrected chi connectivity index (χ4v) is 1.87. The number of hydrogen-bond acceptors (Lipinski definition) is 5. The fraction of sp³-hybridized carbons (Fsp3) is 0. The van der Waals surface area contributed by atoms with E-state index in [0.29, 0.717) is 20.7 Å². The number of halogens is 1. The number of benzene rings is 1. The number of rotatable bonds is 2. The van der Waals surface area contributed by atoms with Crippen molar-refractivity contribution in [3.05, 3.63) is 34.4 Å². The minimum absolute atomic E-state index is 0.216. The predicted octanol–water partition coefficient (Wildman–Crippen LogP) is 2.14. The summed E-state index contributed by atoms with van der Waals surface area (Å²) < 4.78 is 4.35. The SMILES string of the molecule is Nc1ccc(C(=O)Nc2cnns2)cc1Br. The van der Waals surface area contributed by atoms with Crippen molar-refractivity contribution >= 4 is 44.1 Å². The summed E-state index contributed by atoms with van der Waals surface area (Å²) in [6.45, 7) is 0. The molecule has 0 aliphatic rings. The van der Waals surface area contributed by atoms with Gasteiger partial charge in [-0.15, -0.1) is 5.10 Å². The number of hydrogen-bond donors (Lipinski definition) is 2. The number of amides is 1. The molecule has 0 fully saturated rings. The average molecular weight is 299 g/mol. The van der Waals surface area contributed by atoms with Gasteiger partial charge >= 0.3 is 0 Å². The summed E-state index contributed by atoms with van der Waals surface area (Å²) in [4.78, 5) is 11.8. The molecule has 0 saturated heterocycles. The van der Waals surface area contributed by atoms with Crippen LogP contribution in [0.1, 0.15) is 10.4 Å². The minimum Gasteiger partial charge on any atom is -0.398 e. The van der Waals surface area contributed by atoms with Crippen LogP contribution in [0.2, 0.25) is 0 Å². The zero-order valence-corrected chi connectivity index (χ0v) is 10.4. The highest BCUT2D eigenvalue weighted by molar-refractivity contribution is 9.10. The Morgan fingerprint density at radius 1 is 1.50 bits per heavy atom. The molecule has 0 saturated carbocycles. The summed E-state index contributed by atoms with van der Waals surface area (Å²) in [6.07, 6.45) is 1.49. The Bertz CT molecular complexity index is 514. The molecular formula is C9H7BrN4OS. The minimum atomic E-state index is -0.216. The summed E-state index contributed by atoms with van der Waals surface area (Å²) in [5.74, 6) is -0.216. The molecule has 5 nitrogen and oxygen atoms in total. The number of carbonyl (C=O) groups excluding carboxylic acids is 1. The van der Waals surface area contributed by atoms with Gasteiger partial charge in [-0.25, -0.2) is 0 Å². The zero-order chi connectivity index (χ0) is 11.5. The fourth-order valence-electron chi connectivity index (χ4n) is 1.07. The van der Waals surface area contributed by atoms with Crippen LogP contribution in [0.3, 0.4) is 0 Å². The standard InChI is InChI=1S/C9H7BrN4OS/c10-6-3-5(1-2-7(6)11)9(15)13-8-4-12-14-16-8/h1-4H,11H2,(H,13,15). The van der Waals surface area contributed by atoms with Crippen molar-refractivity contribution in [3.63, 3.8) is 0 Å². The lowest BCUT2D eigenvalue weighted by Crippen LogP contribution is -2.11. The molecule has 0 unspecified atom stereocenters. The van der Waals surface area contributed by atoms with E-state index in [9.17, 15) is 4.79 Å². The summed E-state index contributed by atoms with van der Waals surface area (Å²) in [5, 5.41) is 6.91. The highest BCUT2D eigenvalue weighted by atomic mass is 79.9. The zero-order valence-electron chi connectivity index (χ0n) is 7.98. The van der Waals surface area contributed by atoms with Crippen molar-refractivity contribution in [1.29, 1.82) is 0 Å². The third-order valence-corrected chi connectivity index (χ3v) is 3.13. The van der Waals surface area contributed by atoms with E-state index in [0.717, 1.165) is 11.5 Å². The molecule has 0 aliphatic heterocycles. The van der Waals surface area contributed by atoms with E-state index in [4.69, 9.17) is 5.73 Å². The van der Waals surface area contributed by atoms with Gasteiger partial charge in [0.2, 0.25) is 0 Å². The van der Waals surface area contributed by atoms with Gasteiger partial charge in [-0.3, -0.25) is 4.79 Å². The van der Waals surface area contributed by atoms with Gasteiger partial charge in [0.25, 0.3) is 5.91 Å². The molecule has 1 amide bonds. The first kappa shape index (κ1) is 11.0. The van der Waals surface area contributed by atoms with Crippen molar-refractivity contribution in [2.24, 2.45) is 0 Å². The van der Waals surface area contributed by atoms with Crippen LogP contribution in [0.25, 0.3) is 0 Å². The molecule has 1 aromatic carbocycles. The van der Waals surface area contributed by atoms with Crippen LogP contribution < -0.4 is 11.1 Å². The van der Waals surface area contributed by atoms with Crippen molar-refractivity contribution in [3.8, 4) is 0 Å². The maximum Gasteiger partial charge on any atom is 0.256 e. The lowest BCUT2D eigenvalue weighted by Gasteiger charge is -2.03. The average Bonchev–Trinajstić information content (AvgIpc) is 2.74. The lowest BCUT2D eigenvalue weighted by atomic mass is 10.2. The number of nitrogens with two attached hydrogens (primary N) is 1. The molecule has 0 spiro atoms. The number of nitrogens with one attached hydrogen (secondary N) is 1. The third-order valence-electron chi connectivity index (χ3n) is 1.86. The lowest BCUT2D eigenvalue weighted by molar-refractivity contribution is 0.102. The van der Waals surface area contributed by atoms with E-state index in [1.54, 1.807) is 18.2 Å². The maximum absolute atomic E-state index is 11.8. The van der Waals surface area contributed by atoms with Crippen LogP contribution in [-0.2, 0) is 0 Å². The van der Waals surface area contributed by atoms with Crippen molar-refractivity contribution in [2.45, 2.75) is 0 Å². The molecule has 0 aliphatic carbocycles. The van der Waals surface area contributed by atoms with Crippen molar-refractivity contribution in [1.82, 2.24) is 9.59 Å². The molecular weight excluding hydrogens is 292 g/mol. The first-order chi connectivity index (χ1) is 7.66. The van der Waals surface area contributed by atoms with Gasteiger partial charge in [0.15, 0.2) is 0 Å². The largest absolute Gasteiger partial charge is 0.398 e. The van der Waals surface area contributed by atoms with Gasteiger partial charge in [0.1, 0.15) is 5.00 Å². The molecule has 2 rings (SSSR count). The Kier molecular flexibility index (Phi) is 3.16. The smallest absolute Gasteiger partial charge is 0.256 e. The van der Waals surface area contributed by atoms with Gasteiger partial charge in [-0.05, 0) is 34.1 Å². The Morgan fingerprint density at radius 2 is 2.31 bits per heavy atom. The predicted molar refractivity (Wildman–Crippen MR) is 66.4 cm³/mol. The second-order valence-corrected chi connectivity index (χ2v) is 4.61. The van der Waals surface area contributed by atoms with E-state index in [1.165, 1.54) is 6.20 Å². The van der Waals surface area contributed by atoms with Crippen LogP contribution in [0, 0.1) is 0 Å². The van der Waals surface area contributed by atoms with Crippen LogP contribution in [-0.4, -0.2) is 15.5 Å². The van der Waals surface area contributed by atoms with E-state index >= 15 is 0 Å². The number of aromatic nitrogens is 2. The highest BCUT2D eigenvalue weighted by Crippen LogP contribution is 2.21. The Morgan fingerprint density at radius 3 is 2.94 bits per heavy atom. The normalized spacial score (nSPS) is 10.1. The van der Waals surface area contributed by atoms with Gasteiger partial charge in [-0.1, -0.05) is 4.49 Å². The summed E-state index contributed by atoms with van der Waals surface area (Å²) >= 11 is 4.39. The molecule has 0 bridgehead atoms. The van der Waals surface area contributed by atoms with Gasteiger partial charge < -0.3 is 11.1 Å². The number of nitrogen functional groups attached to an aromatic ring is 1. The molecule has 7 heteroatoms. The Labute approximate surface area is 104 Å². The van der Waals surface area contributed by atoms with Crippen molar-refractivity contribution < 1.29 is 4.79 Å². The van der Waals surface area contributed by atoms with E-state index in [-0.39, 0.29) is 5.91 Å². The highest BCUT2D eigenvalue weighted by Gasteiger charge is 2.08. The molecule has 16 heavy (non-hydrogen) atoms. The molecule has 2 aromatic rings. The molecule has 1 heterocycles. The van der Waals surface area contributed by atoms with Crippen LogP contribution >= 0.6 is 27.5 Å². The van der Waals surface area contributed by atoms with E-state index < -0.39 is 0 Å². The monoisotopic (exact) mass is 298 g/mol. The maximum atomic E-state index is 11.8. The quantitative estimate of drug-likeness (QED) is 0.832. The number of carbonyl (C=O) groups is 1. The molecule has 0 radical (unpaired) electrons. The first-order valence-corrected chi connectivity index (χ1v) is 5.87. The number of anilines is 2. The molecule has 1 aromatic heterocycles. The second-order valence-electron chi connectivity index (χ2n) is 2.97. The topological polar surface area (TPSA) is 80.9 Å². The molecule has 3 N–H and O–H groups in total. The molecule has 82 valence electrons. The van der Waals surface area contributed by atoms with Crippen LogP contribution in [0.4, 0.5) is 10.7 Å². The summed E-state index contributed by atoms with van der Waals surface area (Å²) in [7, 11) is 0. The van der Waals surface area contributed by atoms with Crippen LogP contribution in [0.15, 0.2) is 28.9 Å². The van der Waals surface area contributed by atoms with E-state index in [1.807, 2.05) is 0 Å². The van der Waals surface area contributed by atoms with Gasteiger partial charge in [-0.2, -0.15) is 0 Å². The van der Waals surface area contributed by atoms with Crippen LogP contribution in [0.5, 0.6) is 0 Å². The van der Waals surface area contributed by atoms with Crippen molar-refractivity contribution in [2.75, 3.05) is 11.1 Å². The Balaban J connectivity index is 2.18. The summed E-state index contributed by atoms with van der Waals surface area (Å²) in [5.41, 5.74) is 6.74.